The van der Waals surface area contributed by atoms with Gasteiger partial charge in [-0.2, -0.15) is 5.26 Å². The lowest BCUT2D eigenvalue weighted by Gasteiger charge is -2.13. The van der Waals surface area contributed by atoms with Crippen molar-refractivity contribution in [2.75, 3.05) is 0 Å². The van der Waals surface area contributed by atoms with Gasteiger partial charge in [0.05, 0.1) is 11.6 Å². The lowest BCUT2D eigenvalue weighted by atomic mass is 9.95. The number of aromatic nitrogens is 6. The molecule has 7 heteroatoms. The van der Waals surface area contributed by atoms with Gasteiger partial charge in [0.15, 0.2) is 34.9 Å². The fourth-order valence-electron chi connectivity index (χ4n) is 7.49. The summed E-state index contributed by atoms with van der Waals surface area (Å²) in [6.45, 7) is 0. The number of nitrogens with zero attached hydrogens (tertiary/aromatic N) is 7. The van der Waals surface area contributed by atoms with Crippen LogP contribution < -0.4 is 0 Å². The van der Waals surface area contributed by atoms with E-state index in [0.29, 0.717) is 40.5 Å². The fraction of sp³-hybridized carbons (Fsp3) is 0. The lowest BCUT2D eigenvalue weighted by molar-refractivity contribution is 1.07. The van der Waals surface area contributed by atoms with E-state index >= 15 is 0 Å². The monoisotopic (exact) mass is 793 g/mol. The summed E-state index contributed by atoms with van der Waals surface area (Å²) in [6.07, 6.45) is 0. The van der Waals surface area contributed by atoms with E-state index in [0.717, 1.165) is 66.8 Å². The van der Waals surface area contributed by atoms with Crippen molar-refractivity contribution in [2.45, 2.75) is 0 Å². The van der Waals surface area contributed by atoms with Gasteiger partial charge in [-0.15, -0.1) is 0 Å². The minimum absolute atomic E-state index is 0.564. The highest BCUT2D eigenvalue weighted by Crippen LogP contribution is 2.36. The molecular formula is C55H35N7. The van der Waals surface area contributed by atoms with Crippen LogP contribution in [-0.4, -0.2) is 29.9 Å². The molecule has 10 aromatic rings. The van der Waals surface area contributed by atoms with E-state index in [2.05, 4.69) is 66.7 Å². The van der Waals surface area contributed by atoms with E-state index in [-0.39, 0.29) is 0 Å². The smallest absolute Gasteiger partial charge is 0.164 e. The first-order chi connectivity index (χ1) is 30.6. The molecule has 62 heavy (non-hydrogen) atoms. The molecule has 290 valence electrons. The van der Waals surface area contributed by atoms with Crippen LogP contribution in [0.1, 0.15) is 5.56 Å². The maximum absolute atomic E-state index is 9.34. The van der Waals surface area contributed by atoms with Crippen LogP contribution in [0.15, 0.2) is 212 Å². The van der Waals surface area contributed by atoms with Gasteiger partial charge in [0.25, 0.3) is 0 Å². The molecule has 0 aliphatic carbocycles. The molecule has 0 fully saturated rings. The van der Waals surface area contributed by atoms with Crippen LogP contribution in [0.3, 0.4) is 0 Å². The van der Waals surface area contributed by atoms with Crippen molar-refractivity contribution in [1.29, 1.82) is 5.26 Å². The molecular weight excluding hydrogens is 759 g/mol. The zero-order chi connectivity index (χ0) is 41.7. The molecule has 2 aromatic heterocycles. The lowest BCUT2D eigenvalue weighted by Crippen LogP contribution is -2.01. The standard InChI is InChI=1S/C55H35N7/c56-36-37-29-31-38(32-30-37)42-21-13-25-46(34-42)54-60-52(41-19-8-3-9-20-41)61-55(62-54)49-28-11-10-27-48(49)45-24-12-22-43(33-45)44-23-14-26-47(35-44)53-58-50(39-15-4-1-5-16-39)57-51(59-53)40-17-6-2-7-18-40/h1-35H. The van der Waals surface area contributed by atoms with E-state index in [4.69, 9.17) is 29.9 Å². The molecule has 0 atom stereocenters. The second kappa shape index (κ2) is 16.9. The van der Waals surface area contributed by atoms with Gasteiger partial charge < -0.3 is 0 Å². The third-order valence-electron chi connectivity index (χ3n) is 10.6. The molecule has 0 radical (unpaired) electrons. The highest BCUT2D eigenvalue weighted by atomic mass is 15.0. The average molecular weight is 794 g/mol. The molecule has 0 saturated heterocycles. The molecule has 10 rings (SSSR count). The van der Waals surface area contributed by atoms with Crippen LogP contribution in [0.5, 0.6) is 0 Å². The molecule has 0 saturated carbocycles. The van der Waals surface area contributed by atoms with Crippen molar-refractivity contribution in [3.8, 4) is 108 Å². The van der Waals surface area contributed by atoms with Crippen molar-refractivity contribution < 1.29 is 0 Å². The average Bonchev–Trinajstić information content (AvgIpc) is 3.37. The fourth-order valence-corrected chi connectivity index (χ4v) is 7.49. The van der Waals surface area contributed by atoms with Crippen LogP contribution in [0, 0.1) is 11.3 Å². The molecule has 0 aliphatic heterocycles. The molecule has 0 amide bonds. The van der Waals surface area contributed by atoms with Crippen LogP contribution in [0.4, 0.5) is 0 Å². The van der Waals surface area contributed by atoms with Gasteiger partial charge in [0.2, 0.25) is 0 Å². The summed E-state index contributed by atoms with van der Waals surface area (Å²) in [5.41, 5.74) is 12.1. The number of hydrogen-bond donors (Lipinski definition) is 0. The van der Waals surface area contributed by atoms with E-state index in [9.17, 15) is 5.26 Å². The Morgan fingerprint density at radius 3 is 1.02 bits per heavy atom. The van der Waals surface area contributed by atoms with Crippen LogP contribution in [0.25, 0.3) is 102 Å². The Balaban J connectivity index is 1.04. The maximum atomic E-state index is 9.34. The quantitative estimate of drug-likeness (QED) is 0.143. The predicted molar refractivity (Wildman–Crippen MR) is 247 cm³/mol. The van der Waals surface area contributed by atoms with Crippen molar-refractivity contribution >= 4 is 0 Å². The zero-order valence-electron chi connectivity index (χ0n) is 33.3. The number of rotatable bonds is 9. The van der Waals surface area contributed by atoms with Gasteiger partial charge in [-0.25, -0.2) is 29.9 Å². The van der Waals surface area contributed by atoms with Crippen LogP contribution in [-0.2, 0) is 0 Å². The van der Waals surface area contributed by atoms with Gasteiger partial charge in [-0.3, -0.25) is 0 Å². The third kappa shape index (κ3) is 7.87. The van der Waals surface area contributed by atoms with E-state index in [1.807, 2.05) is 152 Å². The zero-order valence-corrected chi connectivity index (χ0v) is 33.3. The predicted octanol–water partition coefficient (Wildman–Crippen LogP) is 12.9. The summed E-state index contributed by atoms with van der Waals surface area (Å²) in [5, 5.41) is 9.34. The summed E-state index contributed by atoms with van der Waals surface area (Å²) >= 11 is 0. The normalized spacial score (nSPS) is 10.9. The molecule has 0 spiro atoms. The Hall–Kier alpha value is -8.73. The molecule has 0 N–H and O–H groups in total. The molecule has 0 bridgehead atoms. The summed E-state index contributed by atoms with van der Waals surface area (Å²) < 4.78 is 0. The largest absolute Gasteiger partial charge is 0.208 e. The topological polar surface area (TPSA) is 101 Å². The number of benzene rings is 8. The van der Waals surface area contributed by atoms with Crippen LogP contribution >= 0.6 is 0 Å². The minimum atomic E-state index is 0.564. The second-order valence-corrected chi connectivity index (χ2v) is 14.7. The van der Waals surface area contributed by atoms with Crippen molar-refractivity contribution in [3.63, 3.8) is 0 Å². The summed E-state index contributed by atoms with van der Waals surface area (Å²) in [6, 6.07) is 73.1. The Labute approximate surface area is 359 Å². The van der Waals surface area contributed by atoms with Crippen LogP contribution in [0.2, 0.25) is 0 Å². The third-order valence-corrected chi connectivity index (χ3v) is 10.6. The summed E-state index contributed by atoms with van der Waals surface area (Å²) in [4.78, 5) is 30.1. The number of nitriles is 1. The Morgan fingerprint density at radius 2 is 0.565 bits per heavy atom. The SMILES string of the molecule is N#Cc1ccc(-c2cccc(-c3nc(-c4ccccc4)nc(-c4ccccc4-c4cccc(-c5cccc(-c6nc(-c7ccccc7)nc(-c7ccccc7)n6)c5)c4)n3)c2)cc1. The van der Waals surface area contributed by atoms with Gasteiger partial charge in [0.1, 0.15) is 0 Å². The van der Waals surface area contributed by atoms with Gasteiger partial charge in [-0.05, 0) is 63.7 Å². The molecule has 8 aromatic carbocycles. The molecule has 2 heterocycles. The second-order valence-electron chi connectivity index (χ2n) is 14.7. The minimum Gasteiger partial charge on any atom is -0.208 e. The van der Waals surface area contributed by atoms with E-state index < -0.39 is 0 Å². The van der Waals surface area contributed by atoms with Crippen molar-refractivity contribution in [2.24, 2.45) is 0 Å². The van der Waals surface area contributed by atoms with Gasteiger partial charge in [-0.1, -0.05) is 182 Å². The first kappa shape index (κ1) is 37.5. The molecule has 0 aliphatic rings. The first-order valence-corrected chi connectivity index (χ1v) is 20.3. The summed E-state index contributed by atoms with van der Waals surface area (Å²) in [5.74, 6) is 3.55. The molecule has 7 nitrogen and oxygen atoms in total. The summed E-state index contributed by atoms with van der Waals surface area (Å²) in [7, 11) is 0. The highest BCUT2D eigenvalue weighted by Gasteiger charge is 2.17. The molecule has 0 unspecified atom stereocenters. The Morgan fingerprint density at radius 1 is 0.242 bits per heavy atom. The Kier molecular flexibility index (Phi) is 10.2. The van der Waals surface area contributed by atoms with Crippen molar-refractivity contribution in [1.82, 2.24) is 29.9 Å². The number of hydrogen-bond acceptors (Lipinski definition) is 7. The van der Waals surface area contributed by atoms with E-state index in [1.165, 1.54) is 0 Å². The maximum Gasteiger partial charge on any atom is 0.164 e. The first-order valence-electron chi connectivity index (χ1n) is 20.3. The van der Waals surface area contributed by atoms with Gasteiger partial charge >= 0.3 is 0 Å². The van der Waals surface area contributed by atoms with Crippen molar-refractivity contribution in [3.05, 3.63) is 218 Å². The van der Waals surface area contributed by atoms with E-state index in [1.54, 1.807) is 0 Å². The van der Waals surface area contributed by atoms with Gasteiger partial charge in [0, 0.05) is 33.4 Å². The Bertz CT molecular complexity index is 3180. The highest BCUT2D eigenvalue weighted by molar-refractivity contribution is 5.85.